The van der Waals surface area contributed by atoms with Crippen LogP contribution in [0.3, 0.4) is 0 Å². The van der Waals surface area contributed by atoms with Crippen molar-refractivity contribution in [2.45, 2.75) is 38.5 Å². The molecule has 1 N–H and O–H groups in total. The van der Waals surface area contributed by atoms with Gasteiger partial charge in [-0.2, -0.15) is 0 Å². The average Bonchev–Trinajstić information content (AvgIpc) is 2.89. The molecule has 0 unspecified atom stereocenters. The first-order chi connectivity index (χ1) is 8.85. The van der Waals surface area contributed by atoms with Crippen LogP contribution in [0.4, 0.5) is 0 Å². The van der Waals surface area contributed by atoms with Crippen LogP contribution in [-0.2, 0) is 11.2 Å². The number of rotatable bonds is 7. The molecule has 18 heavy (non-hydrogen) atoms. The summed E-state index contributed by atoms with van der Waals surface area (Å²) in [6.45, 7) is 2.86. The highest BCUT2D eigenvalue weighted by molar-refractivity contribution is 7.09. The van der Waals surface area contributed by atoms with E-state index in [-0.39, 0.29) is 0 Å². The summed E-state index contributed by atoms with van der Waals surface area (Å²) in [6, 6.07) is 0. The van der Waals surface area contributed by atoms with Crippen molar-refractivity contribution in [1.29, 1.82) is 0 Å². The van der Waals surface area contributed by atoms with E-state index in [1.165, 1.54) is 37.1 Å². The zero-order valence-electron chi connectivity index (χ0n) is 11.3. The fourth-order valence-corrected chi connectivity index (χ4v) is 3.70. The molecular formula is C14H24N2OS. The van der Waals surface area contributed by atoms with Gasteiger partial charge >= 0.3 is 0 Å². The van der Waals surface area contributed by atoms with Gasteiger partial charge < -0.3 is 10.1 Å². The van der Waals surface area contributed by atoms with Gasteiger partial charge in [0.1, 0.15) is 0 Å². The third-order valence-corrected chi connectivity index (χ3v) is 4.69. The maximum atomic E-state index is 5.10. The molecular weight excluding hydrogens is 244 g/mol. The highest BCUT2D eigenvalue weighted by Crippen LogP contribution is 2.39. The number of ether oxygens (including phenoxy) is 1. The number of hydrogen-bond acceptors (Lipinski definition) is 4. The van der Waals surface area contributed by atoms with E-state index in [4.69, 9.17) is 4.74 Å². The summed E-state index contributed by atoms with van der Waals surface area (Å²) in [5.74, 6) is 0. The van der Waals surface area contributed by atoms with Gasteiger partial charge in [-0.15, -0.1) is 11.3 Å². The monoisotopic (exact) mass is 268 g/mol. The normalized spacial score (nSPS) is 18.9. The van der Waals surface area contributed by atoms with Crippen molar-refractivity contribution >= 4 is 11.3 Å². The SMILES string of the molecule is COCCNCC1(Cc2nccs2)CCCCC1. The molecule has 0 bridgehead atoms. The first-order valence-corrected chi connectivity index (χ1v) is 7.81. The Morgan fingerprint density at radius 1 is 1.39 bits per heavy atom. The number of nitrogens with zero attached hydrogens (tertiary/aromatic N) is 1. The molecule has 0 aliphatic heterocycles. The molecule has 1 heterocycles. The Balaban J connectivity index is 1.89. The van der Waals surface area contributed by atoms with Crippen LogP contribution in [0.25, 0.3) is 0 Å². The highest BCUT2D eigenvalue weighted by Gasteiger charge is 2.32. The zero-order valence-corrected chi connectivity index (χ0v) is 12.1. The summed E-state index contributed by atoms with van der Waals surface area (Å²) >= 11 is 1.80. The second-order valence-electron chi connectivity index (χ2n) is 5.33. The molecule has 2 rings (SSSR count). The molecule has 0 aromatic carbocycles. The average molecular weight is 268 g/mol. The Labute approximate surface area is 114 Å². The number of thiazole rings is 1. The van der Waals surface area contributed by atoms with E-state index in [0.717, 1.165) is 26.1 Å². The predicted molar refractivity (Wildman–Crippen MR) is 76.1 cm³/mol. The van der Waals surface area contributed by atoms with Gasteiger partial charge in [0.15, 0.2) is 0 Å². The Bertz CT molecular complexity index is 321. The predicted octanol–water partition coefficient (Wildman–Crippen LogP) is 2.87. The van der Waals surface area contributed by atoms with Gasteiger partial charge in [-0.25, -0.2) is 4.98 Å². The molecule has 0 saturated heterocycles. The van der Waals surface area contributed by atoms with Gasteiger partial charge in [-0.05, 0) is 18.3 Å². The Hall–Kier alpha value is -0.450. The zero-order chi connectivity index (χ0) is 12.7. The quantitative estimate of drug-likeness (QED) is 0.772. The van der Waals surface area contributed by atoms with Crippen molar-refractivity contribution in [3.05, 3.63) is 16.6 Å². The lowest BCUT2D eigenvalue weighted by molar-refractivity contribution is 0.162. The van der Waals surface area contributed by atoms with E-state index in [0.29, 0.717) is 5.41 Å². The minimum Gasteiger partial charge on any atom is -0.383 e. The van der Waals surface area contributed by atoms with Gasteiger partial charge in [0.2, 0.25) is 0 Å². The van der Waals surface area contributed by atoms with Gasteiger partial charge in [-0.1, -0.05) is 19.3 Å². The van der Waals surface area contributed by atoms with Gasteiger partial charge in [0, 0.05) is 38.2 Å². The molecule has 1 aliphatic carbocycles. The largest absolute Gasteiger partial charge is 0.383 e. The molecule has 1 saturated carbocycles. The maximum absolute atomic E-state index is 5.10. The molecule has 1 aliphatic rings. The lowest BCUT2D eigenvalue weighted by atomic mass is 9.72. The van der Waals surface area contributed by atoms with Gasteiger partial charge in [0.05, 0.1) is 11.6 Å². The Kier molecular flexibility index (Phi) is 5.60. The third kappa shape index (κ3) is 4.04. The number of nitrogens with one attached hydrogen (secondary N) is 1. The standard InChI is InChI=1S/C14H24N2OS/c1-17-9-7-15-12-14(5-3-2-4-6-14)11-13-16-8-10-18-13/h8,10,15H,2-7,9,11-12H2,1H3. The highest BCUT2D eigenvalue weighted by atomic mass is 32.1. The topological polar surface area (TPSA) is 34.1 Å². The van der Waals surface area contributed by atoms with Gasteiger partial charge in [0.25, 0.3) is 0 Å². The summed E-state index contributed by atoms with van der Waals surface area (Å²) in [6.07, 6.45) is 9.89. The van der Waals surface area contributed by atoms with Crippen LogP contribution in [0.5, 0.6) is 0 Å². The summed E-state index contributed by atoms with van der Waals surface area (Å²) in [7, 11) is 1.76. The number of methoxy groups -OCH3 is 1. The number of aromatic nitrogens is 1. The molecule has 1 aromatic rings. The molecule has 3 nitrogen and oxygen atoms in total. The van der Waals surface area contributed by atoms with Crippen molar-refractivity contribution in [2.24, 2.45) is 5.41 Å². The Morgan fingerprint density at radius 3 is 2.89 bits per heavy atom. The van der Waals surface area contributed by atoms with E-state index >= 15 is 0 Å². The number of hydrogen-bond donors (Lipinski definition) is 1. The molecule has 0 radical (unpaired) electrons. The van der Waals surface area contributed by atoms with Crippen LogP contribution >= 0.6 is 11.3 Å². The minimum atomic E-state index is 0.434. The second-order valence-corrected chi connectivity index (χ2v) is 6.31. The lowest BCUT2D eigenvalue weighted by Crippen LogP contribution is -2.39. The molecule has 1 fully saturated rings. The van der Waals surface area contributed by atoms with Crippen LogP contribution in [0.1, 0.15) is 37.1 Å². The molecule has 4 heteroatoms. The first kappa shape index (κ1) is 14.0. The van der Waals surface area contributed by atoms with E-state index in [9.17, 15) is 0 Å². The summed E-state index contributed by atoms with van der Waals surface area (Å²) in [4.78, 5) is 4.47. The van der Waals surface area contributed by atoms with Crippen molar-refractivity contribution in [3.8, 4) is 0 Å². The summed E-state index contributed by atoms with van der Waals surface area (Å²) in [5, 5.41) is 6.95. The molecule has 102 valence electrons. The summed E-state index contributed by atoms with van der Waals surface area (Å²) < 4.78 is 5.10. The van der Waals surface area contributed by atoms with Crippen LogP contribution in [0, 0.1) is 5.41 Å². The van der Waals surface area contributed by atoms with Crippen molar-refractivity contribution in [2.75, 3.05) is 26.8 Å². The second kappa shape index (κ2) is 7.22. The lowest BCUT2D eigenvalue weighted by Gasteiger charge is -2.37. The van der Waals surface area contributed by atoms with Crippen molar-refractivity contribution < 1.29 is 4.74 Å². The van der Waals surface area contributed by atoms with Crippen molar-refractivity contribution in [1.82, 2.24) is 10.3 Å². The molecule has 0 amide bonds. The van der Waals surface area contributed by atoms with E-state index in [2.05, 4.69) is 15.7 Å². The fourth-order valence-electron chi connectivity index (χ4n) is 2.91. The van der Waals surface area contributed by atoms with E-state index in [1.54, 1.807) is 18.4 Å². The smallest absolute Gasteiger partial charge is 0.0930 e. The van der Waals surface area contributed by atoms with Crippen LogP contribution in [0.2, 0.25) is 0 Å². The molecule has 0 atom stereocenters. The summed E-state index contributed by atoms with van der Waals surface area (Å²) in [5.41, 5.74) is 0.434. The van der Waals surface area contributed by atoms with E-state index in [1.807, 2.05) is 6.20 Å². The fraction of sp³-hybridized carbons (Fsp3) is 0.786. The van der Waals surface area contributed by atoms with Crippen LogP contribution < -0.4 is 5.32 Å². The third-order valence-electron chi connectivity index (χ3n) is 3.91. The molecule has 1 aromatic heterocycles. The Morgan fingerprint density at radius 2 is 2.22 bits per heavy atom. The van der Waals surface area contributed by atoms with Crippen molar-refractivity contribution in [3.63, 3.8) is 0 Å². The maximum Gasteiger partial charge on any atom is 0.0930 e. The van der Waals surface area contributed by atoms with Crippen LogP contribution in [-0.4, -0.2) is 31.8 Å². The van der Waals surface area contributed by atoms with E-state index < -0.39 is 0 Å². The van der Waals surface area contributed by atoms with Gasteiger partial charge in [-0.3, -0.25) is 0 Å². The van der Waals surface area contributed by atoms with Crippen LogP contribution in [0.15, 0.2) is 11.6 Å². The molecule has 0 spiro atoms. The minimum absolute atomic E-state index is 0.434. The first-order valence-electron chi connectivity index (χ1n) is 6.93.